The minimum Gasteiger partial charge on any atom is -0.313 e. The molecule has 0 radical (unpaired) electrons. The Balaban J connectivity index is 1.50. The first-order valence-electron chi connectivity index (χ1n) is 10.6. The molecule has 2 bridgehead atoms. The van der Waals surface area contributed by atoms with Gasteiger partial charge in [0, 0.05) is 30.1 Å². The quantitative estimate of drug-likeness (QED) is 0.779. The lowest BCUT2D eigenvalue weighted by molar-refractivity contribution is -0.117. The van der Waals surface area contributed by atoms with Crippen molar-refractivity contribution in [2.45, 2.75) is 82.3 Å². The second-order valence-corrected chi connectivity index (χ2v) is 9.30. The first-order valence-corrected chi connectivity index (χ1v) is 10.6. The standard InChI is InChI=1S/C20H35N3/c1-3-9-21-18(8-1)20-13-16(12-15-6-5-10-22-19(15)20)17-7-2-4-11-23(17)14-20/h15-19,21-22H,1-14H2/t15-,16?,17?,18+,19?,20?/m1/s1. The van der Waals surface area contributed by atoms with E-state index in [1.807, 2.05) is 0 Å². The van der Waals surface area contributed by atoms with Crippen LogP contribution in [0.5, 0.6) is 0 Å². The summed E-state index contributed by atoms with van der Waals surface area (Å²) in [7, 11) is 0. The van der Waals surface area contributed by atoms with Crippen LogP contribution in [0.3, 0.4) is 0 Å². The Bertz CT molecular complexity index is 431. The summed E-state index contributed by atoms with van der Waals surface area (Å²) < 4.78 is 0. The maximum atomic E-state index is 4.04. The molecule has 4 saturated heterocycles. The van der Waals surface area contributed by atoms with Gasteiger partial charge in [0.25, 0.3) is 0 Å². The van der Waals surface area contributed by atoms with E-state index in [2.05, 4.69) is 15.5 Å². The summed E-state index contributed by atoms with van der Waals surface area (Å²) in [6.07, 6.45) is 14.6. The van der Waals surface area contributed by atoms with E-state index >= 15 is 0 Å². The van der Waals surface area contributed by atoms with E-state index in [0.29, 0.717) is 5.41 Å². The van der Waals surface area contributed by atoms with Gasteiger partial charge in [-0.15, -0.1) is 0 Å². The first-order chi connectivity index (χ1) is 11.4. The summed E-state index contributed by atoms with van der Waals surface area (Å²) in [5, 5.41) is 8.04. The Labute approximate surface area is 142 Å². The summed E-state index contributed by atoms with van der Waals surface area (Å²) in [6, 6.07) is 2.51. The zero-order chi connectivity index (χ0) is 15.3. The van der Waals surface area contributed by atoms with Crippen LogP contribution in [0.4, 0.5) is 0 Å². The minimum atomic E-state index is 0.530. The van der Waals surface area contributed by atoms with Gasteiger partial charge < -0.3 is 10.6 Å². The van der Waals surface area contributed by atoms with Crippen molar-refractivity contribution < 1.29 is 0 Å². The molecule has 5 aliphatic rings. The van der Waals surface area contributed by atoms with Gasteiger partial charge in [0.15, 0.2) is 0 Å². The monoisotopic (exact) mass is 317 g/mol. The maximum absolute atomic E-state index is 4.04. The predicted molar refractivity (Wildman–Crippen MR) is 94.5 cm³/mol. The molecule has 5 rings (SSSR count). The molecule has 3 nitrogen and oxygen atoms in total. The van der Waals surface area contributed by atoms with Gasteiger partial charge in [-0.2, -0.15) is 0 Å². The number of hydrogen-bond donors (Lipinski definition) is 2. The Morgan fingerprint density at radius 2 is 1.74 bits per heavy atom. The summed E-state index contributed by atoms with van der Waals surface area (Å²) in [5.74, 6) is 1.96. The Morgan fingerprint density at radius 3 is 2.65 bits per heavy atom. The van der Waals surface area contributed by atoms with Crippen molar-refractivity contribution in [3.05, 3.63) is 0 Å². The molecule has 0 aromatic rings. The Hall–Kier alpha value is -0.120. The zero-order valence-corrected chi connectivity index (χ0v) is 14.7. The number of nitrogens with one attached hydrogen (secondary N) is 2. The van der Waals surface area contributed by atoms with Crippen LogP contribution in [-0.4, -0.2) is 49.2 Å². The molecule has 130 valence electrons. The van der Waals surface area contributed by atoms with Crippen molar-refractivity contribution >= 4 is 0 Å². The summed E-state index contributed by atoms with van der Waals surface area (Å²) in [6.45, 7) is 5.30. The number of rotatable bonds is 1. The van der Waals surface area contributed by atoms with Gasteiger partial charge in [-0.25, -0.2) is 0 Å². The molecule has 3 heteroatoms. The smallest absolute Gasteiger partial charge is 0.0179 e. The number of piperidine rings is 4. The second kappa shape index (κ2) is 6.00. The molecule has 23 heavy (non-hydrogen) atoms. The third-order valence-corrected chi connectivity index (χ3v) is 8.16. The van der Waals surface area contributed by atoms with Crippen molar-refractivity contribution in [3.63, 3.8) is 0 Å². The number of hydrogen-bond acceptors (Lipinski definition) is 3. The van der Waals surface area contributed by atoms with Crippen LogP contribution in [0, 0.1) is 17.3 Å². The highest BCUT2D eigenvalue weighted by Gasteiger charge is 2.58. The third-order valence-electron chi connectivity index (χ3n) is 8.16. The molecule has 4 aliphatic heterocycles. The van der Waals surface area contributed by atoms with Crippen LogP contribution in [0.1, 0.15) is 64.2 Å². The Kier molecular flexibility index (Phi) is 3.95. The van der Waals surface area contributed by atoms with Crippen molar-refractivity contribution in [3.8, 4) is 0 Å². The Morgan fingerprint density at radius 1 is 0.826 bits per heavy atom. The molecule has 1 saturated carbocycles. The normalized spacial score (nSPS) is 50.9. The molecule has 2 N–H and O–H groups in total. The third kappa shape index (κ3) is 2.41. The molecule has 5 fully saturated rings. The lowest BCUT2D eigenvalue weighted by atomic mass is 9.52. The number of nitrogens with zero attached hydrogens (tertiary/aromatic N) is 1. The predicted octanol–water partition coefficient (Wildman–Crippen LogP) is 2.76. The van der Waals surface area contributed by atoms with Crippen molar-refractivity contribution in [1.82, 2.24) is 15.5 Å². The molecule has 6 atom stereocenters. The first kappa shape index (κ1) is 15.2. The highest BCUT2D eigenvalue weighted by Crippen LogP contribution is 2.55. The van der Waals surface area contributed by atoms with E-state index in [1.54, 1.807) is 0 Å². The van der Waals surface area contributed by atoms with E-state index in [1.165, 1.54) is 90.4 Å². The van der Waals surface area contributed by atoms with E-state index in [0.717, 1.165) is 30.0 Å². The molecule has 0 spiro atoms. The highest BCUT2D eigenvalue weighted by atomic mass is 15.2. The van der Waals surface area contributed by atoms with Crippen molar-refractivity contribution in [2.24, 2.45) is 17.3 Å². The molecule has 4 heterocycles. The topological polar surface area (TPSA) is 27.3 Å². The lowest BCUT2D eigenvalue weighted by Gasteiger charge is -2.64. The van der Waals surface area contributed by atoms with Crippen molar-refractivity contribution in [2.75, 3.05) is 26.2 Å². The lowest BCUT2D eigenvalue weighted by Crippen LogP contribution is -2.72. The average Bonchev–Trinajstić information content (AvgIpc) is 2.63. The fraction of sp³-hybridized carbons (Fsp3) is 1.00. The second-order valence-electron chi connectivity index (χ2n) is 9.30. The SMILES string of the molecule is C1CC[C@@H](C23CC(C[C@H]4CCCNC42)C2CCCCN2C3)NC1. The van der Waals surface area contributed by atoms with Gasteiger partial charge in [-0.05, 0) is 82.8 Å². The van der Waals surface area contributed by atoms with Gasteiger partial charge in [-0.3, -0.25) is 4.90 Å². The van der Waals surface area contributed by atoms with E-state index < -0.39 is 0 Å². The van der Waals surface area contributed by atoms with Gasteiger partial charge in [-0.1, -0.05) is 12.8 Å². The molecule has 4 unspecified atom stereocenters. The molecular weight excluding hydrogens is 282 g/mol. The molecule has 0 amide bonds. The van der Waals surface area contributed by atoms with Gasteiger partial charge in [0.05, 0.1) is 0 Å². The minimum absolute atomic E-state index is 0.530. The fourth-order valence-electron chi connectivity index (χ4n) is 7.36. The van der Waals surface area contributed by atoms with Gasteiger partial charge in [0.2, 0.25) is 0 Å². The van der Waals surface area contributed by atoms with Crippen LogP contribution in [0.25, 0.3) is 0 Å². The van der Waals surface area contributed by atoms with Crippen LogP contribution in [0.2, 0.25) is 0 Å². The van der Waals surface area contributed by atoms with Crippen LogP contribution in [-0.2, 0) is 0 Å². The molecule has 1 aliphatic carbocycles. The average molecular weight is 318 g/mol. The fourth-order valence-corrected chi connectivity index (χ4v) is 7.36. The largest absolute Gasteiger partial charge is 0.313 e. The van der Waals surface area contributed by atoms with Gasteiger partial charge >= 0.3 is 0 Å². The number of fused-ring (bicyclic) bond motifs is 6. The van der Waals surface area contributed by atoms with Crippen molar-refractivity contribution in [1.29, 1.82) is 0 Å². The summed E-state index contributed by atoms with van der Waals surface area (Å²) in [5.41, 5.74) is 0.530. The van der Waals surface area contributed by atoms with Gasteiger partial charge in [0.1, 0.15) is 0 Å². The molecular formula is C20H35N3. The van der Waals surface area contributed by atoms with E-state index in [-0.39, 0.29) is 0 Å². The zero-order valence-electron chi connectivity index (χ0n) is 14.7. The summed E-state index contributed by atoms with van der Waals surface area (Å²) in [4.78, 5) is 2.94. The maximum Gasteiger partial charge on any atom is 0.0179 e. The van der Waals surface area contributed by atoms with Crippen LogP contribution < -0.4 is 10.6 Å². The molecule has 0 aromatic heterocycles. The van der Waals surface area contributed by atoms with E-state index in [9.17, 15) is 0 Å². The van der Waals surface area contributed by atoms with E-state index in [4.69, 9.17) is 0 Å². The molecule has 0 aromatic carbocycles. The highest BCUT2D eigenvalue weighted by molar-refractivity contribution is 5.14. The van der Waals surface area contributed by atoms with Crippen LogP contribution in [0.15, 0.2) is 0 Å². The van der Waals surface area contributed by atoms with Crippen LogP contribution >= 0.6 is 0 Å². The summed E-state index contributed by atoms with van der Waals surface area (Å²) >= 11 is 0.